The van der Waals surface area contributed by atoms with Crippen molar-refractivity contribution < 1.29 is 0 Å². The van der Waals surface area contributed by atoms with Gasteiger partial charge >= 0.3 is 0 Å². The van der Waals surface area contributed by atoms with Crippen LogP contribution in [-0.4, -0.2) is 47.3 Å². The Morgan fingerprint density at radius 2 is 1.46 bits per heavy atom. The molecule has 0 aliphatic carbocycles. The molecule has 2 fully saturated rings. The van der Waals surface area contributed by atoms with Gasteiger partial charge < -0.3 is 9.80 Å². The molecule has 2 aliphatic rings. The summed E-state index contributed by atoms with van der Waals surface area (Å²) in [6, 6.07) is 7.55. The molecule has 0 amide bonds. The summed E-state index contributed by atoms with van der Waals surface area (Å²) in [6.45, 7) is 3.98. The molecule has 0 unspecified atom stereocenters. The molecule has 8 heteroatoms. The van der Waals surface area contributed by atoms with Crippen molar-refractivity contribution in [3.8, 4) is 0 Å². The Bertz CT molecular complexity index is 778. The fraction of sp³-hybridized carbons (Fsp3) is 0.500. The lowest BCUT2D eigenvalue weighted by atomic mass is 10.1. The van der Waals surface area contributed by atoms with Gasteiger partial charge in [0, 0.05) is 31.2 Å². The lowest BCUT2D eigenvalue weighted by molar-refractivity contribution is 0.556. The zero-order valence-electron chi connectivity index (χ0n) is 16.0. The largest absolute Gasteiger partial charge is 0.341 e. The van der Waals surface area contributed by atoms with Crippen molar-refractivity contribution in [2.24, 2.45) is 5.10 Å². The van der Waals surface area contributed by atoms with E-state index >= 15 is 0 Å². The first-order chi connectivity index (χ1) is 13.8. The Morgan fingerprint density at radius 3 is 2.04 bits per heavy atom. The van der Waals surface area contributed by atoms with Gasteiger partial charge in [-0.15, -0.1) is 0 Å². The molecule has 28 heavy (non-hydrogen) atoms. The maximum absolute atomic E-state index is 6.03. The first kappa shape index (κ1) is 18.9. The zero-order chi connectivity index (χ0) is 19.2. The van der Waals surface area contributed by atoms with E-state index in [9.17, 15) is 0 Å². The summed E-state index contributed by atoms with van der Waals surface area (Å²) in [4.78, 5) is 18.5. The molecule has 2 aromatic rings. The number of anilines is 3. The van der Waals surface area contributed by atoms with Gasteiger partial charge in [0.1, 0.15) is 0 Å². The van der Waals surface area contributed by atoms with E-state index in [-0.39, 0.29) is 0 Å². The molecule has 7 nitrogen and oxygen atoms in total. The van der Waals surface area contributed by atoms with E-state index in [0.29, 0.717) is 11.0 Å². The lowest BCUT2D eigenvalue weighted by Crippen LogP contribution is -2.34. The second-order valence-electron chi connectivity index (χ2n) is 7.28. The second-order valence-corrected chi connectivity index (χ2v) is 7.72. The molecule has 1 aromatic heterocycles. The number of nitrogens with one attached hydrogen (secondary N) is 1. The quantitative estimate of drug-likeness (QED) is 0.606. The second kappa shape index (κ2) is 9.19. The third-order valence-corrected chi connectivity index (χ3v) is 5.35. The first-order valence-corrected chi connectivity index (χ1v) is 10.5. The van der Waals surface area contributed by atoms with Gasteiger partial charge in [0.25, 0.3) is 0 Å². The summed E-state index contributed by atoms with van der Waals surface area (Å²) in [5, 5.41) is 4.99. The molecule has 148 valence electrons. The summed E-state index contributed by atoms with van der Waals surface area (Å²) in [5.74, 6) is 1.97. The predicted molar refractivity (Wildman–Crippen MR) is 115 cm³/mol. The number of rotatable bonds is 5. The average molecular weight is 400 g/mol. The minimum atomic E-state index is 0.481. The van der Waals surface area contributed by atoms with Crippen molar-refractivity contribution >= 4 is 35.7 Å². The highest BCUT2D eigenvalue weighted by Gasteiger charge is 2.20. The van der Waals surface area contributed by atoms with Crippen LogP contribution in [0.5, 0.6) is 0 Å². The summed E-state index contributed by atoms with van der Waals surface area (Å²) >= 11 is 6.03. The van der Waals surface area contributed by atoms with E-state index in [1.54, 1.807) is 6.21 Å². The molecule has 0 radical (unpaired) electrons. The van der Waals surface area contributed by atoms with Crippen LogP contribution in [0.4, 0.5) is 17.8 Å². The highest BCUT2D eigenvalue weighted by atomic mass is 35.5. The number of hydrazone groups is 1. The Balaban J connectivity index is 1.55. The fourth-order valence-electron chi connectivity index (χ4n) is 3.63. The molecule has 1 aromatic carbocycles. The minimum Gasteiger partial charge on any atom is -0.341 e. The maximum atomic E-state index is 6.03. The van der Waals surface area contributed by atoms with Crippen LogP contribution in [0.25, 0.3) is 0 Å². The van der Waals surface area contributed by atoms with Crippen LogP contribution < -0.4 is 15.2 Å². The van der Waals surface area contributed by atoms with Crippen molar-refractivity contribution in [3.63, 3.8) is 0 Å². The fourth-order valence-corrected chi connectivity index (χ4v) is 3.82. The highest BCUT2D eigenvalue weighted by molar-refractivity contribution is 6.30. The van der Waals surface area contributed by atoms with Crippen LogP contribution in [0.2, 0.25) is 5.02 Å². The first-order valence-electron chi connectivity index (χ1n) is 10.1. The number of hydrogen-bond donors (Lipinski definition) is 1. The van der Waals surface area contributed by atoms with Crippen LogP contribution in [0.1, 0.15) is 44.1 Å². The third kappa shape index (κ3) is 4.90. The number of hydrogen-bond acceptors (Lipinski definition) is 7. The third-order valence-electron chi connectivity index (χ3n) is 5.12. The van der Waals surface area contributed by atoms with E-state index in [4.69, 9.17) is 16.6 Å². The Labute approximate surface area is 170 Å². The van der Waals surface area contributed by atoms with E-state index in [0.717, 1.165) is 43.6 Å². The number of nitrogens with zero attached hydrogens (tertiary/aromatic N) is 6. The van der Waals surface area contributed by atoms with Crippen LogP contribution >= 0.6 is 11.6 Å². The molecule has 0 bridgehead atoms. The van der Waals surface area contributed by atoms with Gasteiger partial charge in [-0.3, -0.25) is 0 Å². The number of piperidine rings is 2. The van der Waals surface area contributed by atoms with Gasteiger partial charge in [0.15, 0.2) is 0 Å². The van der Waals surface area contributed by atoms with Gasteiger partial charge in [-0.1, -0.05) is 23.7 Å². The van der Waals surface area contributed by atoms with Gasteiger partial charge in [0.2, 0.25) is 17.8 Å². The summed E-state index contributed by atoms with van der Waals surface area (Å²) < 4.78 is 0. The summed E-state index contributed by atoms with van der Waals surface area (Å²) in [6.07, 6.45) is 8.99. The molecule has 0 saturated carbocycles. The van der Waals surface area contributed by atoms with Crippen molar-refractivity contribution in [2.45, 2.75) is 38.5 Å². The number of aromatic nitrogens is 3. The van der Waals surface area contributed by atoms with E-state index in [1.807, 2.05) is 24.3 Å². The maximum Gasteiger partial charge on any atom is 0.250 e. The van der Waals surface area contributed by atoms with E-state index in [2.05, 4.69) is 30.3 Å². The highest BCUT2D eigenvalue weighted by Crippen LogP contribution is 2.22. The van der Waals surface area contributed by atoms with Crippen molar-refractivity contribution in [1.29, 1.82) is 0 Å². The molecule has 0 atom stereocenters. The van der Waals surface area contributed by atoms with Gasteiger partial charge in [0.05, 0.1) is 6.21 Å². The Morgan fingerprint density at radius 1 is 0.857 bits per heavy atom. The van der Waals surface area contributed by atoms with Crippen LogP contribution in [0, 0.1) is 0 Å². The molecule has 3 heterocycles. The predicted octanol–water partition coefficient (Wildman–Crippen LogP) is 3.95. The average Bonchev–Trinajstić information content (AvgIpc) is 2.75. The SMILES string of the molecule is Clc1cccc(/C=N/Nc2nc(N3CCCCC3)nc(N3CCCCC3)n2)c1. The lowest BCUT2D eigenvalue weighted by Gasteiger charge is -2.30. The van der Waals surface area contributed by atoms with Crippen LogP contribution in [0.15, 0.2) is 29.4 Å². The monoisotopic (exact) mass is 399 g/mol. The molecule has 2 aliphatic heterocycles. The Hall–Kier alpha value is -2.41. The van der Waals surface area contributed by atoms with Crippen LogP contribution in [0.3, 0.4) is 0 Å². The van der Waals surface area contributed by atoms with E-state index < -0.39 is 0 Å². The topological polar surface area (TPSA) is 69.5 Å². The van der Waals surface area contributed by atoms with E-state index in [1.165, 1.54) is 38.5 Å². The van der Waals surface area contributed by atoms with Gasteiger partial charge in [-0.25, -0.2) is 5.43 Å². The molecule has 2 saturated heterocycles. The summed E-state index contributed by atoms with van der Waals surface area (Å²) in [7, 11) is 0. The molecule has 0 spiro atoms. The molecule has 1 N–H and O–H groups in total. The number of halogens is 1. The van der Waals surface area contributed by atoms with Gasteiger partial charge in [-0.05, 0) is 56.2 Å². The number of benzene rings is 1. The van der Waals surface area contributed by atoms with Crippen molar-refractivity contribution in [3.05, 3.63) is 34.9 Å². The van der Waals surface area contributed by atoms with Crippen molar-refractivity contribution in [2.75, 3.05) is 41.4 Å². The van der Waals surface area contributed by atoms with Crippen molar-refractivity contribution in [1.82, 2.24) is 15.0 Å². The molecular weight excluding hydrogens is 374 g/mol. The summed E-state index contributed by atoms with van der Waals surface area (Å²) in [5.41, 5.74) is 3.90. The normalized spacial score (nSPS) is 17.9. The van der Waals surface area contributed by atoms with Gasteiger partial charge in [-0.2, -0.15) is 20.1 Å². The Kier molecular flexibility index (Phi) is 6.21. The zero-order valence-corrected chi connectivity index (χ0v) is 16.8. The van der Waals surface area contributed by atoms with Crippen LogP contribution in [-0.2, 0) is 0 Å². The minimum absolute atomic E-state index is 0.481. The standard InChI is InChI=1S/C20H26ClN7/c21-17-9-7-8-16(14-17)15-22-26-18-23-19(27-10-3-1-4-11-27)25-20(24-18)28-12-5-2-6-13-28/h7-9,14-15H,1-6,10-13H2,(H,23,24,25,26)/b22-15+. The molecule has 4 rings (SSSR count). The molecular formula is C20H26ClN7. The smallest absolute Gasteiger partial charge is 0.250 e.